The van der Waals surface area contributed by atoms with E-state index in [2.05, 4.69) is 5.32 Å². The quantitative estimate of drug-likeness (QED) is 0.846. The van der Waals surface area contributed by atoms with E-state index in [1.54, 1.807) is 19.1 Å². The molecule has 0 bridgehead atoms. The molecule has 2 unspecified atom stereocenters. The van der Waals surface area contributed by atoms with Crippen molar-refractivity contribution in [1.82, 2.24) is 5.32 Å². The van der Waals surface area contributed by atoms with Gasteiger partial charge in [-0.25, -0.2) is 13.2 Å². The molecule has 0 saturated carbocycles. The summed E-state index contributed by atoms with van der Waals surface area (Å²) in [4.78, 5) is 10.7. The van der Waals surface area contributed by atoms with Gasteiger partial charge in [-0.15, -0.1) is 0 Å². The smallest absolute Gasteiger partial charge is 0.371 e. The molecule has 0 aliphatic carbocycles. The first-order chi connectivity index (χ1) is 8.37. The van der Waals surface area contributed by atoms with Crippen molar-refractivity contribution >= 4 is 15.8 Å². The monoisotopic (exact) mass is 271 g/mol. The third kappa shape index (κ3) is 2.80. The number of carboxylic acids is 1. The lowest BCUT2D eigenvalue weighted by molar-refractivity contribution is 0.0659. The number of nitrogens with one attached hydrogen (secondary N) is 1. The fourth-order valence-electron chi connectivity index (χ4n) is 1.78. The molecule has 2 rings (SSSR count). The van der Waals surface area contributed by atoms with Gasteiger partial charge in [0.05, 0.1) is 11.8 Å². The Bertz CT molecular complexity index is 586. The molecule has 2 N–H and O–H groups in total. The highest BCUT2D eigenvalue weighted by Gasteiger charge is 2.24. The minimum atomic E-state index is -3.10. The Morgan fingerprint density at radius 3 is 2.78 bits per heavy atom. The maximum atomic E-state index is 11.2. The Labute approximate surface area is 104 Å². The molecule has 0 radical (unpaired) electrons. The van der Waals surface area contributed by atoms with Crippen LogP contribution in [0.1, 0.15) is 29.3 Å². The minimum absolute atomic E-state index is 0.0177. The molecular formula is C11H13NO5S. The summed E-state index contributed by atoms with van der Waals surface area (Å²) in [5.41, 5.74) is 0. The Morgan fingerprint density at radius 2 is 2.28 bits per heavy atom. The van der Waals surface area contributed by atoms with E-state index in [9.17, 15) is 13.2 Å². The van der Waals surface area contributed by atoms with Crippen molar-refractivity contribution in [2.24, 2.45) is 0 Å². The zero-order valence-corrected chi connectivity index (χ0v) is 10.5. The summed E-state index contributed by atoms with van der Waals surface area (Å²) >= 11 is 0. The fraction of sp³-hybridized carbons (Fsp3) is 0.364. The lowest BCUT2D eigenvalue weighted by Gasteiger charge is -2.15. The Kier molecular flexibility index (Phi) is 3.27. The van der Waals surface area contributed by atoms with Gasteiger partial charge in [0, 0.05) is 11.4 Å². The van der Waals surface area contributed by atoms with Crippen LogP contribution in [0.2, 0.25) is 0 Å². The largest absolute Gasteiger partial charge is 0.475 e. The molecule has 7 heteroatoms. The first-order valence-electron chi connectivity index (χ1n) is 5.37. The van der Waals surface area contributed by atoms with Crippen molar-refractivity contribution in [2.45, 2.75) is 19.0 Å². The van der Waals surface area contributed by atoms with Crippen LogP contribution in [0.4, 0.5) is 0 Å². The molecule has 0 aromatic carbocycles. The zero-order valence-electron chi connectivity index (χ0n) is 9.66. The summed E-state index contributed by atoms with van der Waals surface area (Å²) in [6, 6.07) is 2.40. The number of furan rings is 1. The van der Waals surface area contributed by atoms with E-state index in [1.807, 2.05) is 0 Å². The van der Waals surface area contributed by atoms with Gasteiger partial charge in [0.1, 0.15) is 5.76 Å². The lowest BCUT2D eigenvalue weighted by Crippen LogP contribution is -2.32. The van der Waals surface area contributed by atoms with Crippen LogP contribution in [-0.2, 0) is 9.84 Å². The lowest BCUT2D eigenvalue weighted by atomic mass is 10.2. The molecule has 0 amide bonds. The average molecular weight is 271 g/mol. The molecule has 1 aromatic rings. The number of aromatic carboxylic acids is 1. The number of carboxylic acid groups (broad SMARTS) is 1. The Hall–Kier alpha value is -1.60. The van der Waals surface area contributed by atoms with Crippen LogP contribution in [-0.4, -0.2) is 31.3 Å². The summed E-state index contributed by atoms with van der Waals surface area (Å²) in [5, 5.41) is 13.0. The zero-order chi connectivity index (χ0) is 13.3. The summed E-state index contributed by atoms with van der Waals surface area (Å²) in [7, 11) is -3.10. The van der Waals surface area contributed by atoms with Gasteiger partial charge >= 0.3 is 5.97 Å². The molecule has 0 fully saturated rings. The van der Waals surface area contributed by atoms with Crippen LogP contribution in [0.3, 0.4) is 0 Å². The third-order valence-electron chi connectivity index (χ3n) is 2.66. The Balaban J connectivity index is 2.02. The van der Waals surface area contributed by atoms with Gasteiger partial charge in [-0.3, -0.25) is 0 Å². The van der Waals surface area contributed by atoms with E-state index in [4.69, 9.17) is 9.52 Å². The average Bonchev–Trinajstić information content (AvgIpc) is 2.85. The van der Waals surface area contributed by atoms with Crippen molar-refractivity contribution in [3.05, 3.63) is 35.1 Å². The molecule has 1 aliphatic rings. The Morgan fingerprint density at radius 1 is 1.56 bits per heavy atom. The molecule has 98 valence electrons. The van der Waals surface area contributed by atoms with Gasteiger partial charge < -0.3 is 14.8 Å². The molecule has 1 aliphatic heterocycles. The molecule has 0 spiro atoms. The molecule has 2 heterocycles. The van der Waals surface area contributed by atoms with E-state index >= 15 is 0 Å². The molecule has 0 saturated heterocycles. The fourth-order valence-corrected chi connectivity index (χ4v) is 3.03. The highest BCUT2D eigenvalue weighted by atomic mass is 32.2. The van der Waals surface area contributed by atoms with Crippen molar-refractivity contribution < 1.29 is 22.7 Å². The number of sulfone groups is 1. The van der Waals surface area contributed by atoms with Gasteiger partial charge in [0.25, 0.3) is 0 Å². The van der Waals surface area contributed by atoms with Gasteiger partial charge in [-0.05, 0) is 19.1 Å². The van der Waals surface area contributed by atoms with Crippen molar-refractivity contribution in [3.63, 3.8) is 0 Å². The van der Waals surface area contributed by atoms with Gasteiger partial charge in [-0.1, -0.05) is 6.08 Å². The maximum absolute atomic E-state index is 11.2. The third-order valence-corrected chi connectivity index (χ3v) is 4.05. The SMILES string of the molecule is CC(NC1C=CS(=O)(=O)C1)c1ccc(C(=O)O)o1. The summed E-state index contributed by atoms with van der Waals surface area (Å²) < 4.78 is 27.6. The van der Waals surface area contributed by atoms with Crippen molar-refractivity contribution in [3.8, 4) is 0 Å². The second-order valence-electron chi connectivity index (χ2n) is 4.16. The molecule has 1 aromatic heterocycles. The van der Waals surface area contributed by atoms with Crippen LogP contribution in [0, 0.1) is 0 Å². The van der Waals surface area contributed by atoms with Crippen LogP contribution in [0.25, 0.3) is 0 Å². The van der Waals surface area contributed by atoms with E-state index in [0.717, 1.165) is 0 Å². The van der Waals surface area contributed by atoms with Crippen LogP contribution >= 0.6 is 0 Å². The van der Waals surface area contributed by atoms with Crippen LogP contribution in [0.5, 0.6) is 0 Å². The topological polar surface area (TPSA) is 96.6 Å². The van der Waals surface area contributed by atoms with Crippen LogP contribution in [0.15, 0.2) is 28.0 Å². The highest BCUT2D eigenvalue weighted by molar-refractivity contribution is 7.94. The maximum Gasteiger partial charge on any atom is 0.371 e. The number of hydrogen-bond acceptors (Lipinski definition) is 5. The first kappa shape index (κ1) is 12.8. The molecule has 18 heavy (non-hydrogen) atoms. The van der Waals surface area contributed by atoms with Gasteiger partial charge in [0.15, 0.2) is 9.84 Å². The van der Waals surface area contributed by atoms with Gasteiger partial charge in [-0.2, -0.15) is 0 Å². The highest BCUT2D eigenvalue weighted by Crippen LogP contribution is 2.19. The number of hydrogen-bond donors (Lipinski definition) is 2. The molecule has 2 atom stereocenters. The second kappa shape index (κ2) is 4.58. The predicted molar refractivity (Wildman–Crippen MR) is 63.9 cm³/mol. The summed E-state index contributed by atoms with van der Waals surface area (Å²) in [6.45, 7) is 1.78. The summed E-state index contributed by atoms with van der Waals surface area (Å²) in [6.07, 6.45) is 1.58. The van der Waals surface area contributed by atoms with E-state index in [-0.39, 0.29) is 23.6 Å². The minimum Gasteiger partial charge on any atom is -0.475 e. The van der Waals surface area contributed by atoms with E-state index < -0.39 is 15.8 Å². The van der Waals surface area contributed by atoms with E-state index in [0.29, 0.717) is 5.76 Å². The van der Waals surface area contributed by atoms with Crippen molar-refractivity contribution in [1.29, 1.82) is 0 Å². The first-order valence-corrected chi connectivity index (χ1v) is 7.09. The predicted octanol–water partition coefficient (Wildman–Crippen LogP) is 0.939. The summed E-state index contributed by atoms with van der Waals surface area (Å²) in [5.74, 6) is -0.778. The van der Waals surface area contributed by atoms with Crippen molar-refractivity contribution in [2.75, 3.05) is 5.75 Å². The number of carbonyl (C=O) groups is 1. The van der Waals surface area contributed by atoms with Gasteiger partial charge in [0.2, 0.25) is 5.76 Å². The number of rotatable bonds is 4. The second-order valence-corrected chi connectivity index (χ2v) is 6.09. The standard InChI is InChI=1S/C11H13NO5S/c1-7(9-2-3-10(17-9)11(13)14)12-8-4-5-18(15,16)6-8/h2-5,7-8,12H,6H2,1H3,(H,13,14). The van der Waals surface area contributed by atoms with E-state index in [1.165, 1.54) is 11.5 Å². The molecular weight excluding hydrogens is 258 g/mol. The normalized spacial score (nSPS) is 23.1. The van der Waals surface area contributed by atoms with Crippen LogP contribution < -0.4 is 5.32 Å². The molecule has 6 nitrogen and oxygen atoms in total.